The molecule has 1 nitrogen and oxygen atoms in total. The first-order valence-corrected chi connectivity index (χ1v) is 6.32. The average molecular weight is 197 g/mol. The van der Waals surface area contributed by atoms with Crippen molar-refractivity contribution in [1.82, 2.24) is 4.90 Å². The second-order valence-electron chi connectivity index (χ2n) is 5.54. The number of nitrogens with zero attached hydrogens (tertiary/aromatic N) is 1. The first-order chi connectivity index (χ1) is 6.59. The Morgan fingerprint density at radius 3 is 2.57 bits per heavy atom. The molecular formula is C13H27N. The first kappa shape index (κ1) is 12.0. The maximum atomic E-state index is 2.67. The van der Waals surface area contributed by atoms with Crippen molar-refractivity contribution in [3.8, 4) is 0 Å². The summed E-state index contributed by atoms with van der Waals surface area (Å²) in [4.78, 5) is 2.67. The highest BCUT2D eigenvalue weighted by molar-refractivity contribution is 4.85. The predicted octanol–water partition coefficient (Wildman–Crippen LogP) is 3.54. The zero-order valence-corrected chi connectivity index (χ0v) is 10.5. The van der Waals surface area contributed by atoms with E-state index in [-0.39, 0.29) is 0 Å². The van der Waals surface area contributed by atoms with Gasteiger partial charge in [-0.2, -0.15) is 0 Å². The third kappa shape index (κ3) is 3.27. The lowest BCUT2D eigenvalue weighted by molar-refractivity contribution is 0.237. The molecule has 2 atom stereocenters. The van der Waals surface area contributed by atoms with Crippen molar-refractivity contribution in [3.05, 3.63) is 0 Å². The van der Waals surface area contributed by atoms with E-state index < -0.39 is 0 Å². The number of hydrogen-bond donors (Lipinski definition) is 0. The largest absolute Gasteiger partial charge is 0.303 e. The van der Waals surface area contributed by atoms with E-state index in [9.17, 15) is 0 Å². The van der Waals surface area contributed by atoms with Gasteiger partial charge in [0, 0.05) is 13.1 Å². The molecule has 0 bridgehead atoms. The summed E-state index contributed by atoms with van der Waals surface area (Å²) in [5.41, 5.74) is 0.617. The van der Waals surface area contributed by atoms with Crippen LogP contribution in [0.2, 0.25) is 0 Å². The molecule has 2 unspecified atom stereocenters. The summed E-state index contributed by atoms with van der Waals surface area (Å²) in [5.74, 6) is 0.888. The van der Waals surface area contributed by atoms with E-state index in [1.165, 1.54) is 45.3 Å². The Morgan fingerprint density at radius 1 is 1.36 bits per heavy atom. The third-order valence-corrected chi connectivity index (χ3v) is 3.84. The maximum Gasteiger partial charge on any atom is 0.00358 e. The molecule has 1 aliphatic heterocycles. The summed E-state index contributed by atoms with van der Waals surface area (Å²) in [5, 5.41) is 0. The Kier molecular flexibility index (Phi) is 4.43. The second-order valence-corrected chi connectivity index (χ2v) is 5.54. The molecule has 1 aliphatic rings. The van der Waals surface area contributed by atoms with Crippen molar-refractivity contribution in [3.63, 3.8) is 0 Å². The molecule has 1 fully saturated rings. The Hall–Kier alpha value is -0.0400. The van der Waals surface area contributed by atoms with E-state index in [2.05, 4.69) is 32.6 Å². The minimum absolute atomic E-state index is 0.617. The minimum atomic E-state index is 0.617. The van der Waals surface area contributed by atoms with Crippen LogP contribution in [0.1, 0.15) is 53.4 Å². The maximum absolute atomic E-state index is 2.67. The summed E-state index contributed by atoms with van der Waals surface area (Å²) in [6.07, 6.45) is 5.47. The summed E-state index contributed by atoms with van der Waals surface area (Å²) < 4.78 is 0. The highest BCUT2D eigenvalue weighted by Gasteiger charge is 2.31. The molecule has 0 saturated carbocycles. The van der Waals surface area contributed by atoms with Crippen LogP contribution < -0.4 is 0 Å². The molecule has 14 heavy (non-hydrogen) atoms. The second kappa shape index (κ2) is 5.16. The average Bonchev–Trinajstić information content (AvgIpc) is 2.49. The van der Waals surface area contributed by atoms with Crippen LogP contribution in [0.15, 0.2) is 0 Å². The Bertz CT molecular complexity index is 167. The summed E-state index contributed by atoms with van der Waals surface area (Å²) in [7, 11) is 0. The van der Waals surface area contributed by atoms with Gasteiger partial charge in [0.15, 0.2) is 0 Å². The van der Waals surface area contributed by atoms with Gasteiger partial charge in [0.2, 0.25) is 0 Å². The molecule has 84 valence electrons. The van der Waals surface area contributed by atoms with Gasteiger partial charge in [-0.15, -0.1) is 0 Å². The normalized spacial score (nSPS) is 30.9. The van der Waals surface area contributed by atoms with E-state index in [1.807, 2.05) is 0 Å². The van der Waals surface area contributed by atoms with Crippen molar-refractivity contribution in [2.45, 2.75) is 53.4 Å². The van der Waals surface area contributed by atoms with Crippen LogP contribution >= 0.6 is 0 Å². The molecule has 1 heteroatoms. The molecular weight excluding hydrogens is 170 g/mol. The van der Waals surface area contributed by atoms with Crippen LogP contribution in [0.4, 0.5) is 0 Å². The van der Waals surface area contributed by atoms with E-state index >= 15 is 0 Å². The predicted molar refractivity (Wildman–Crippen MR) is 63.5 cm³/mol. The Labute approximate surface area is 89.9 Å². The summed E-state index contributed by atoms with van der Waals surface area (Å²) in [6.45, 7) is 13.4. The number of hydrogen-bond acceptors (Lipinski definition) is 1. The van der Waals surface area contributed by atoms with Gasteiger partial charge in [0.05, 0.1) is 0 Å². The molecule has 0 aliphatic carbocycles. The lowest BCUT2D eigenvalue weighted by atomic mass is 9.87. The van der Waals surface area contributed by atoms with E-state index in [4.69, 9.17) is 0 Å². The highest BCUT2D eigenvalue weighted by atomic mass is 15.2. The van der Waals surface area contributed by atoms with Crippen LogP contribution in [0, 0.1) is 11.3 Å². The molecule has 1 rings (SSSR count). The zero-order valence-electron chi connectivity index (χ0n) is 10.5. The molecule has 0 spiro atoms. The van der Waals surface area contributed by atoms with Gasteiger partial charge in [0.1, 0.15) is 0 Å². The van der Waals surface area contributed by atoms with Crippen molar-refractivity contribution < 1.29 is 0 Å². The topological polar surface area (TPSA) is 3.24 Å². The highest BCUT2D eigenvalue weighted by Crippen LogP contribution is 2.33. The lowest BCUT2D eigenvalue weighted by Gasteiger charge is -2.24. The number of likely N-dealkylation sites (tertiary alicyclic amines) is 1. The fourth-order valence-corrected chi connectivity index (χ4v) is 2.60. The molecule has 0 radical (unpaired) electrons. The first-order valence-electron chi connectivity index (χ1n) is 6.32. The Morgan fingerprint density at radius 2 is 2.07 bits per heavy atom. The molecule has 0 N–H and O–H groups in total. The number of rotatable bonds is 5. The van der Waals surface area contributed by atoms with Crippen LogP contribution in [0.3, 0.4) is 0 Å². The SMILES string of the molecule is CCCC(C)CN1CCC(C)(CC)C1. The summed E-state index contributed by atoms with van der Waals surface area (Å²) >= 11 is 0. The molecule has 1 saturated heterocycles. The molecule has 0 aromatic carbocycles. The zero-order chi connectivity index (χ0) is 10.6. The van der Waals surface area contributed by atoms with Gasteiger partial charge in [-0.3, -0.25) is 0 Å². The quantitative estimate of drug-likeness (QED) is 0.651. The smallest absolute Gasteiger partial charge is 0.00358 e. The van der Waals surface area contributed by atoms with Crippen molar-refractivity contribution in [2.75, 3.05) is 19.6 Å². The van der Waals surface area contributed by atoms with E-state index in [0.717, 1.165) is 5.92 Å². The van der Waals surface area contributed by atoms with E-state index in [1.54, 1.807) is 0 Å². The van der Waals surface area contributed by atoms with Gasteiger partial charge in [0.25, 0.3) is 0 Å². The van der Waals surface area contributed by atoms with Crippen molar-refractivity contribution >= 4 is 0 Å². The minimum Gasteiger partial charge on any atom is -0.303 e. The molecule has 1 heterocycles. The monoisotopic (exact) mass is 197 g/mol. The van der Waals surface area contributed by atoms with Crippen LogP contribution in [-0.2, 0) is 0 Å². The van der Waals surface area contributed by atoms with Crippen molar-refractivity contribution in [1.29, 1.82) is 0 Å². The van der Waals surface area contributed by atoms with Gasteiger partial charge in [-0.25, -0.2) is 0 Å². The van der Waals surface area contributed by atoms with Crippen LogP contribution in [-0.4, -0.2) is 24.5 Å². The van der Waals surface area contributed by atoms with Gasteiger partial charge in [-0.1, -0.05) is 34.1 Å². The van der Waals surface area contributed by atoms with Crippen LogP contribution in [0.5, 0.6) is 0 Å². The van der Waals surface area contributed by atoms with Gasteiger partial charge in [-0.05, 0) is 37.1 Å². The fraction of sp³-hybridized carbons (Fsp3) is 1.00. The molecule has 0 amide bonds. The fourth-order valence-electron chi connectivity index (χ4n) is 2.60. The third-order valence-electron chi connectivity index (χ3n) is 3.84. The Balaban J connectivity index is 2.28. The molecule has 0 aromatic heterocycles. The summed E-state index contributed by atoms with van der Waals surface area (Å²) in [6, 6.07) is 0. The van der Waals surface area contributed by atoms with Gasteiger partial charge >= 0.3 is 0 Å². The standard InChI is InChI=1S/C13H27N/c1-5-7-12(3)10-14-9-8-13(4,6-2)11-14/h12H,5-11H2,1-4H3. The molecule has 0 aromatic rings. The lowest BCUT2D eigenvalue weighted by Crippen LogP contribution is -2.28. The van der Waals surface area contributed by atoms with E-state index in [0.29, 0.717) is 5.41 Å². The van der Waals surface area contributed by atoms with Gasteiger partial charge < -0.3 is 4.90 Å². The van der Waals surface area contributed by atoms with Crippen molar-refractivity contribution in [2.24, 2.45) is 11.3 Å². The van der Waals surface area contributed by atoms with Crippen LogP contribution in [0.25, 0.3) is 0 Å².